The van der Waals surface area contributed by atoms with Crippen molar-refractivity contribution in [2.75, 3.05) is 5.32 Å². The molecule has 0 atom stereocenters. The fraction of sp³-hybridized carbons (Fsp3) is 0.267. The highest BCUT2D eigenvalue weighted by molar-refractivity contribution is 7.14. The number of anilines is 1. The summed E-state index contributed by atoms with van der Waals surface area (Å²) >= 11 is 1.31. The fourth-order valence-electron chi connectivity index (χ4n) is 2.18. The van der Waals surface area contributed by atoms with Crippen molar-refractivity contribution < 1.29 is 14.7 Å². The van der Waals surface area contributed by atoms with E-state index in [0.717, 1.165) is 17.0 Å². The second kappa shape index (κ2) is 6.85. The molecule has 10 heteroatoms. The van der Waals surface area contributed by atoms with Gasteiger partial charge >= 0.3 is 5.97 Å². The number of hydrogen-bond donors (Lipinski definition) is 2. The monoisotopic (exact) mass is 360 g/mol. The summed E-state index contributed by atoms with van der Waals surface area (Å²) in [4.78, 5) is 27.2. The molecular formula is C15H16N6O3S. The van der Waals surface area contributed by atoms with Crippen LogP contribution in [0, 0.1) is 6.92 Å². The van der Waals surface area contributed by atoms with E-state index in [1.54, 1.807) is 17.1 Å². The maximum absolute atomic E-state index is 12.2. The molecule has 0 saturated carbocycles. The predicted molar refractivity (Wildman–Crippen MR) is 91.5 cm³/mol. The minimum atomic E-state index is -0.914. The summed E-state index contributed by atoms with van der Waals surface area (Å²) in [5.41, 5.74) is 2.86. The summed E-state index contributed by atoms with van der Waals surface area (Å²) in [5, 5.41) is 21.9. The minimum Gasteiger partial charge on any atom is -0.481 e. The summed E-state index contributed by atoms with van der Waals surface area (Å²) < 4.78 is 3.19. The van der Waals surface area contributed by atoms with E-state index in [1.165, 1.54) is 22.1 Å². The zero-order valence-electron chi connectivity index (χ0n) is 13.6. The van der Waals surface area contributed by atoms with Crippen molar-refractivity contribution >= 4 is 28.3 Å². The Kier molecular flexibility index (Phi) is 4.61. The molecule has 1 amide bonds. The molecule has 0 aliphatic rings. The van der Waals surface area contributed by atoms with Gasteiger partial charge in [-0.25, -0.2) is 4.98 Å². The molecule has 3 heterocycles. The lowest BCUT2D eigenvalue weighted by atomic mass is 10.2. The summed E-state index contributed by atoms with van der Waals surface area (Å²) in [7, 11) is 1.86. The molecule has 0 unspecified atom stereocenters. The first-order chi connectivity index (χ1) is 11.9. The van der Waals surface area contributed by atoms with Gasteiger partial charge in [-0.05, 0) is 13.0 Å². The van der Waals surface area contributed by atoms with E-state index < -0.39 is 11.9 Å². The van der Waals surface area contributed by atoms with Crippen molar-refractivity contribution in [3.8, 4) is 11.3 Å². The minimum absolute atomic E-state index is 0.0525. The van der Waals surface area contributed by atoms with Crippen LogP contribution in [0.25, 0.3) is 11.3 Å². The topological polar surface area (TPSA) is 115 Å². The van der Waals surface area contributed by atoms with Crippen molar-refractivity contribution in [2.24, 2.45) is 7.05 Å². The van der Waals surface area contributed by atoms with E-state index in [-0.39, 0.29) is 18.7 Å². The number of carbonyl (C=O) groups is 2. The Balaban J connectivity index is 1.67. The number of carboxylic acid groups (broad SMARTS) is 1. The lowest BCUT2D eigenvalue weighted by molar-refractivity contribution is -0.137. The van der Waals surface area contributed by atoms with E-state index >= 15 is 0 Å². The van der Waals surface area contributed by atoms with Crippen LogP contribution < -0.4 is 5.32 Å². The summed E-state index contributed by atoms with van der Waals surface area (Å²) in [6, 6.07) is 1.54. The quantitative estimate of drug-likeness (QED) is 0.692. The highest BCUT2D eigenvalue weighted by atomic mass is 32.1. The van der Waals surface area contributed by atoms with Crippen LogP contribution in [0.3, 0.4) is 0 Å². The smallest absolute Gasteiger partial charge is 0.305 e. The number of rotatable bonds is 6. The lowest BCUT2D eigenvalue weighted by Crippen LogP contribution is -2.13. The van der Waals surface area contributed by atoms with Crippen LogP contribution in [0.1, 0.15) is 22.6 Å². The first-order valence-electron chi connectivity index (χ1n) is 7.45. The van der Waals surface area contributed by atoms with Crippen molar-refractivity contribution in [2.45, 2.75) is 19.9 Å². The SMILES string of the molecule is Cc1c(-c2csc(NC(=O)c3ccn(CCC(=O)O)n3)n2)cnn1C. The number of carboxylic acids is 1. The Morgan fingerprint density at radius 3 is 2.88 bits per heavy atom. The molecule has 9 nitrogen and oxygen atoms in total. The van der Waals surface area contributed by atoms with Crippen LogP contribution >= 0.6 is 11.3 Å². The summed E-state index contributed by atoms with van der Waals surface area (Å²) in [5.74, 6) is -1.31. The third-order valence-corrected chi connectivity index (χ3v) is 4.42. The van der Waals surface area contributed by atoms with E-state index in [1.807, 2.05) is 19.4 Å². The van der Waals surface area contributed by atoms with Gasteiger partial charge in [0.15, 0.2) is 10.8 Å². The van der Waals surface area contributed by atoms with E-state index in [0.29, 0.717) is 5.13 Å². The highest BCUT2D eigenvalue weighted by Gasteiger charge is 2.15. The molecule has 0 spiro atoms. The van der Waals surface area contributed by atoms with Crippen LogP contribution in [0.15, 0.2) is 23.8 Å². The normalized spacial score (nSPS) is 10.8. The van der Waals surface area contributed by atoms with E-state index in [4.69, 9.17) is 5.11 Å². The van der Waals surface area contributed by atoms with Gasteiger partial charge in [0.05, 0.1) is 24.9 Å². The number of aryl methyl sites for hydroxylation is 2. The number of nitrogens with zero attached hydrogens (tertiary/aromatic N) is 5. The predicted octanol–water partition coefficient (Wildman–Crippen LogP) is 1.78. The first kappa shape index (κ1) is 16.8. The van der Waals surface area contributed by atoms with Gasteiger partial charge in [0.1, 0.15) is 0 Å². The molecular weight excluding hydrogens is 344 g/mol. The molecule has 130 valence electrons. The second-order valence-electron chi connectivity index (χ2n) is 5.37. The second-order valence-corrected chi connectivity index (χ2v) is 6.23. The molecule has 2 N–H and O–H groups in total. The van der Waals surface area contributed by atoms with Crippen LogP contribution in [0.5, 0.6) is 0 Å². The molecule has 25 heavy (non-hydrogen) atoms. The third-order valence-electron chi connectivity index (χ3n) is 3.66. The van der Waals surface area contributed by atoms with Gasteiger partial charge in [-0.1, -0.05) is 0 Å². The molecule has 3 rings (SSSR count). The Bertz CT molecular complexity index is 925. The van der Waals surface area contributed by atoms with Crippen LogP contribution in [0.4, 0.5) is 5.13 Å². The molecule has 0 aliphatic heterocycles. The van der Waals surface area contributed by atoms with Crippen LogP contribution in [-0.4, -0.2) is 41.5 Å². The zero-order chi connectivity index (χ0) is 18.0. The van der Waals surface area contributed by atoms with Gasteiger partial charge in [0, 0.05) is 29.9 Å². The van der Waals surface area contributed by atoms with Crippen molar-refractivity contribution in [1.29, 1.82) is 0 Å². The molecule has 0 fully saturated rings. The average Bonchev–Trinajstić information content (AvgIpc) is 3.28. The zero-order valence-corrected chi connectivity index (χ0v) is 14.4. The molecule has 3 aromatic heterocycles. The van der Waals surface area contributed by atoms with Gasteiger partial charge in [-0.2, -0.15) is 10.2 Å². The number of carbonyl (C=O) groups excluding carboxylic acids is 1. The van der Waals surface area contributed by atoms with Gasteiger partial charge in [-0.15, -0.1) is 11.3 Å². The molecule has 0 aliphatic carbocycles. The number of hydrogen-bond acceptors (Lipinski definition) is 6. The number of nitrogens with one attached hydrogen (secondary N) is 1. The largest absolute Gasteiger partial charge is 0.481 e. The third kappa shape index (κ3) is 3.74. The number of thiazole rings is 1. The highest BCUT2D eigenvalue weighted by Crippen LogP contribution is 2.27. The maximum atomic E-state index is 12.2. The average molecular weight is 360 g/mol. The van der Waals surface area contributed by atoms with Crippen molar-refractivity contribution in [3.05, 3.63) is 35.2 Å². The van der Waals surface area contributed by atoms with Gasteiger partial charge < -0.3 is 5.11 Å². The Labute approximate surface area is 146 Å². The van der Waals surface area contributed by atoms with Gasteiger partial charge in [0.2, 0.25) is 0 Å². The first-order valence-corrected chi connectivity index (χ1v) is 8.33. The molecule has 0 bridgehead atoms. The van der Waals surface area contributed by atoms with Crippen LogP contribution in [-0.2, 0) is 18.4 Å². The van der Waals surface area contributed by atoms with Gasteiger partial charge in [-0.3, -0.25) is 24.3 Å². The Morgan fingerprint density at radius 1 is 1.40 bits per heavy atom. The fourth-order valence-corrected chi connectivity index (χ4v) is 2.89. The molecule has 0 aromatic carbocycles. The standard InChI is InChI=1S/C15H16N6O3S/c1-9-10(7-16-20(9)2)12-8-25-15(17-12)18-14(24)11-3-5-21(19-11)6-4-13(22)23/h3,5,7-8H,4,6H2,1-2H3,(H,22,23)(H,17,18,24). The maximum Gasteiger partial charge on any atom is 0.305 e. The number of amides is 1. The summed E-state index contributed by atoms with van der Waals surface area (Å²) in [6.45, 7) is 2.16. The van der Waals surface area contributed by atoms with E-state index in [9.17, 15) is 9.59 Å². The van der Waals surface area contributed by atoms with Crippen molar-refractivity contribution in [1.82, 2.24) is 24.5 Å². The number of aromatic nitrogens is 5. The van der Waals surface area contributed by atoms with Gasteiger partial charge in [0.25, 0.3) is 5.91 Å². The van der Waals surface area contributed by atoms with Crippen LogP contribution in [0.2, 0.25) is 0 Å². The molecule has 3 aromatic rings. The lowest BCUT2D eigenvalue weighted by Gasteiger charge is -1.99. The summed E-state index contributed by atoms with van der Waals surface area (Å²) in [6.07, 6.45) is 3.26. The number of aliphatic carboxylic acids is 1. The Morgan fingerprint density at radius 2 is 2.20 bits per heavy atom. The Hall–Kier alpha value is -3.01. The van der Waals surface area contributed by atoms with Crippen molar-refractivity contribution in [3.63, 3.8) is 0 Å². The molecule has 0 radical (unpaired) electrons. The van der Waals surface area contributed by atoms with E-state index in [2.05, 4.69) is 20.5 Å². The molecule has 0 saturated heterocycles.